The zero-order valence-corrected chi connectivity index (χ0v) is 13.9. The third-order valence-corrected chi connectivity index (χ3v) is 4.73. The topological polar surface area (TPSA) is 75.4 Å². The van der Waals surface area contributed by atoms with E-state index in [1.165, 1.54) is 4.68 Å². The Morgan fingerprint density at radius 3 is 2.83 bits per heavy atom. The lowest BCUT2D eigenvalue weighted by molar-refractivity contribution is -0.133. The summed E-state index contributed by atoms with van der Waals surface area (Å²) in [7, 11) is 0. The Morgan fingerprint density at radius 1 is 1.33 bits per heavy atom. The number of likely N-dealkylation sites (tertiary alicyclic amines) is 1. The number of benzene rings is 1. The average Bonchev–Trinajstić information content (AvgIpc) is 3.06. The molecule has 0 aliphatic carbocycles. The van der Waals surface area contributed by atoms with Gasteiger partial charge in [-0.25, -0.2) is 4.68 Å². The van der Waals surface area contributed by atoms with Gasteiger partial charge in [0.2, 0.25) is 5.91 Å². The molecular weight excluding hydrogens is 306 g/mol. The van der Waals surface area contributed by atoms with Crippen LogP contribution in [0.2, 0.25) is 0 Å². The summed E-state index contributed by atoms with van der Waals surface area (Å²) in [6, 6.07) is 7.51. The quantitative estimate of drug-likeness (QED) is 0.901. The molecule has 1 fully saturated rings. The number of rotatable bonds is 5. The zero-order chi connectivity index (χ0) is 17.1. The second kappa shape index (κ2) is 7.13. The van der Waals surface area contributed by atoms with Gasteiger partial charge in [0, 0.05) is 24.6 Å². The molecule has 1 saturated heterocycles. The summed E-state index contributed by atoms with van der Waals surface area (Å²) in [5, 5.41) is 14.7. The maximum absolute atomic E-state index is 12.7. The van der Waals surface area contributed by atoms with Crippen LogP contribution in [0.4, 0.5) is 0 Å². The van der Waals surface area contributed by atoms with E-state index in [9.17, 15) is 9.59 Å². The van der Waals surface area contributed by atoms with E-state index in [0.717, 1.165) is 36.9 Å². The summed E-state index contributed by atoms with van der Waals surface area (Å²) in [6.45, 7) is 2.68. The number of nitrogens with zero attached hydrogens (tertiary/aromatic N) is 3. The van der Waals surface area contributed by atoms with Gasteiger partial charge in [-0.15, -0.1) is 0 Å². The van der Waals surface area contributed by atoms with Gasteiger partial charge in [-0.1, -0.05) is 18.2 Å². The van der Waals surface area contributed by atoms with Crippen molar-refractivity contribution >= 4 is 16.7 Å². The van der Waals surface area contributed by atoms with Crippen LogP contribution < -0.4 is 5.56 Å². The fourth-order valence-electron chi connectivity index (χ4n) is 3.52. The number of carbonyl (C=O) groups excluding carboxylic acids is 1. The van der Waals surface area contributed by atoms with Gasteiger partial charge in [0.05, 0.1) is 11.1 Å². The summed E-state index contributed by atoms with van der Waals surface area (Å²) in [5.41, 5.74) is 0.520. The Kier molecular flexibility index (Phi) is 4.94. The van der Waals surface area contributed by atoms with Gasteiger partial charge < -0.3 is 10.0 Å². The first-order chi connectivity index (χ1) is 11.6. The number of aliphatic hydroxyl groups excluding tert-OH is 1. The molecule has 1 aliphatic rings. The van der Waals surface area contributed by atoms with Gasteiger partial charge in [0.25, 0.3) is 5.56 Å². The monoisotopic (exact) mass is 329 g/mol. The Bertz CT molecular complexity index is 800. The van der Waals surface area contributed by atoms with Crippen molar-refractivity contribution in [3.8, 4) is 0 Å². The first-order valence-corrected chi connectivity index (χ1v) is 8.48. The molecule has 6 nitrogen and oxygen atoms in total. The minimum atomic E-state index is -0.226. The van der Waals surface area contributed by atoms with Crippen molar-refractivity contribution in [2.75, 3.05) is 13.2 Å². The lowest BCUT2D eigenvalue weighted by Crippen LogP contribution is -2.40. The summed E-state index contributed by atoms with van der Waals surface area (Å²) in [4.78, 5) is 27.1. The Labute approximate surface area is 140 Å². The van der Waals surface area contributed by atoms with Gasteiger partial charge >= 0.3 is 0 Å². The first kappa shape index (κ1) is 16.6. The molecule has 0 bridgehead atoms. The number of amides is 1. The second-order valence-electron chi connectivity index (χ2n) is 6.34. The molecule has 1 aromatic heterocycles. The predicted molar refractivity (Wildman–Crippen MR) is 91.8 cm³/mol. The van der Waals surface area contributed by atoms with Crippen LogP contribution in [0.25, 0.3) is 10.8 Å². The van der Waals surface area contributed by atoms with Crippen LogP contribution in [0.15, 0.2) is 29.1 Å². The van der Waals surface area contributed by atoms with Crippen LogP contribution in [0, 0.1) is 6.92 Å². The molecule has 128 valence electrons. The molecule has 1 unspecified atom stereocenters. The van der Waals surface area contributed by atoms with E-state index in [0.29, 0.717) is 11.8 Å². The summed E-state index contributed by atoms with van der Waals surface area (Å²) >= 11 is 0. The zero-order valence-electron chi connectivity index (χ0n) is 13.9. The lowest BCUT2D eigenvalue weighted by Gasteiger charge is -2.24. The van der Waals surface area contributed by atoms with Gasteiger partial charge in [-0.05, 0) is 38.7 Å². The molecule has 2 aromatic rings. The molecule has 1 aliphatic heterocycles. The highest BCUT2D eigenvalue weighted by Gasteiger charge is 2.28. The maximum atomic E-state index is 12.7. The molecular formula is C18H23N3O3. The van der Waals surface area contributed by atoms with Gasteiger partial charge in [-0.2, -0.15) is 5.10 Å². The average molecular weight is 329 g/mol. The molecule has 0 radical (unpaired) electrons. The summed E-state index contributed by atoms with van der Waals surface area (Å²) in [6.07, 6.45) is 3.44. The van der Waals surface area contributed by atoms with Crippen molar-refractivity contribution in [1.82, 2.24) is 14.7 Å². The van der Waals surface area contributed by atoms with Crippen molar-refractivity contribution in [2.24, 2.45) is 0 Å². The number of aliphatic hydroxyl groups is 1. The van der Waals surface area contributed by atoms with Crippen LogP contribution in [0.3, 0.4) is 0 Å². The van der Waals surface area contributed by atoms with E-state index in [2.05, 4.69) is 5.10 Å². The highest BCUT2D eigenvalue weighted by atomic mass is 16.3. The van der Waals surface area contributed by atoms with Crippen molar-refractivity contribution in [3.63, 3.8) is 0 Å². The fraction of sp³-hybridized carbons (Fsp3) is 0.500. The number of hydrogen-bond donors (Lipinski definition) is 1. The number of aryl methyl sites for hydroxylation is 1. The van der Waals surface area contributed by atoms with Crippen molar-refractivity contribution < 1.29 is 9.90 Å². The molecule has 0 spiro atoms. The molecule has 1 amide bonds. The largest absolute Gasteiger partial charge is 0.396 e. The molecule has 2 heterocycles. The van der Waals surface area contributed by atoms with Crippen molar-refractivity contribution in [3.05, 3.63) is 40.3 Å². The number of fused-ring (bicyclic) bond motifs is 1. The summed E-state index contributed by atoms with van der Waals surface area (Å²) < 4.78 is 1.28. The normalized spacial score (nSPS) is 17.6. The highest BCUT2D eigenvalue weighted by Crippen LogP contribution is 2.21. The van der Waals surface area contributed by atoms with Crippen LogP contribution in [-0.4, -0.2) is 44.9 Å². The van der Waals surface area contributed by atoms with Crippen LogP contribution in [-0.2, 0) is 11.3 Å². The highest BCUT2D eigenvalue weighted by molar-refractivity contribution is 5.83. The fourth-order valence-corrected chi connectivity index (χ4v) is 3.52. The second-order valence-corrected chi connectivity index (χ2v) is 6.34. The SMILES string of the molecule is Cc1nn(CC(=O)N2CCCC2CCCO)c(=O)c2ccccc12. The van der Waals surface area contributed by atoms with Crippen molar-refractivity contribution in [1.29, 1.82) is 0 Å². The van der Waals surface area contributed by atoms with E-state index in [1.807, 2.05) is 30.0 Å². The minimum absolute atomic E-state index is 0.0276. The van der Waals surface area contributed by atoms with E-state index < -0.39 is 0 Å². The van der Waals surface area contributed by atoms with Gasteiger partial charge in [0.15, 0.2) is 0 Å². The Morgan fingerprint density at radius 2 is 2.08 bits per heavy atom. The Balaban J connectivity index is 1.83. The number of carbonyl (C=O) groups is 1. The van der Waals surface area contributed by atoms with Crippen LogP contribution in [0.1, 0.15) is 31.4 Å². The lowest BCUT2D eigenvalue weighted by atomic mass is 10.1. The minimum Gasteiger partial charge on any atom is -0.396 e. The smallest absolute Gasteiger partial charge is 0.275 e. The first-order valence-electron chi connectivity index (χ1n) is 8.48. The van der Waals surface area contributed by atoms with Crippen LogP contribution in [0.5, 0.6) is 0 Å². The standard InChI is InChI=1S/C18H23N3O3/c1-13-15-8-2-3-9-16(15)18(24)21(19-13)12-17(23)20-10-4-6-14(20)7-5-11-22/h2-3,8-9,14,22H,4-7,10-12H2,1H3. The van der Waals surface area contributed by atoms with E-state index >= 15 is 0 Å². The molecule has 1 N–H and O–H groups in total. The summed E-state index contributed by atoms with van der Waals surface area (Å²) in [5.74, 6) is -0.0697. The van der Waals surface area contributed by atoms with E-state index in [1.54, 1.807) is 6.07 Å². The molecule has 1 aromatic carbocycles. The van der Waals surface area contributed by atoms with Gasteiger partial charge in [0.1, 0.15) is 6.54 Å². The molecule has 0 saturated carbocycles. The molecule has 3 rings (SSSR count). The molecule has 6 heteroatoms. The molecule has 24 heavy (non-hydrogen) atoms. The van der Waals surface area contributed by atoms with Gasteiger partial charge in [-0.3, -0.25) is 9.59 Å². The third-order valence-electron chi connectivity index (χ3n) is 4.73. The predicted octanol–water partition coefficient (Wildman–Crippen LogP) is 1.47. The van der Waals surface area contributed by atoms with E-state index in [-0.39, 0.29) is 30.7 Å². The van der Waals surface area contributed by atoms with Crippen molar-refractivity contribution in [2.45, 2.75) is 45.2 Å². The number of aromatic nitrogens is 2. The maximum Gasteiger partial charge on any atom is 0.275 e. The Hall–Kier alpha value is -2.21. The molecule has 1 atom stereocenters. The number of hydrogen-bond acceptors (Lipinski definition) is 4. The third kappa shape index (κ3) is 3.19. The van der Waals surface area contributed by atoms with E-state index in [4.69, 9.17) is 5.11 Å². The van der Waals surface area contributed by atoms with Crippen LogP contribution >= 0.6 is 0 Å².